The summed E-state index contributed by atoms with van der Waals surface area (Å²) in [6, 6.07) is 12.7. The molecule has 9 heteroatoms. The highest BCUT2D eigenvalue weighted by molar-refractivity contribution is 6.42. The molecule has 3 rings (SSSR count). The second-order valence-corrected chi connectivity index (χ2v) is 8.98. The van der Waals surface area contributed by atoms with Crippen LogP contribution in [0.1, 0.15) is 12.8 Å². The van der Waals surface area contributed by atoms with E-state index in [1.54, 1.807) is 31.4 Å². The summed E-state index contributed by atoms with van der Waals surface area (Å²) in [5.41, 5.74) is 0. The Bertz CT molecular complexity index is 864. The molecule has 0 amide bonds. The van der Waals surface area contributed by atoms with Crippen LogP contribution in [0.3, 0.4) is 0 Å². The monoisotopic (exact) mass is 498 g/mol. The highest BCUT2D eigenvalue weighted by atomic mass is 35.5. The molecule has 2 aromatic rings. The maximum atomic E-state index is 10.3. The van der Waals surface area contributed by atoms with Crippen molar-refractivity contribution in [3.8, 4) is 17.2 Å². The molecule has 3 N–H and O–H groups in total. The normalized spacial score (nSPS) is 16.9. The molecule has 1 heterocycles. The molecule has 7 nitrogen and oxygen atoms in total. The Morgan fingerprint density at radius 2 is 1.61 bits per heavy atom. The number of benzene rings is 2. The largest absolute Gasteiger partial charge is 0.497 e. The van der Waals surface area contributed by atoms with E-state index in [2.05, 4.69) is 10.2 Å². The number of likely N-dealkylation sites (tertiary alicyclic amines) is 1. The van der Waals surface area contributed by atoms with Gasteiger partial charge in [-0.3, -0.25) is 0 Å². The van der Waals surface area contributed by atoms with Gasteiger partial charge in [-0.1, -0.05) is 29.3 Å². The summed E-state index contributed by atoms with van der Waals surface area (Å²) in [5, 5.41) is 24.9. The Morgan fingerprint density at radius 1 is 0.939 bits per heavy atom. The van der Waals surface area contributed by atoms with Crippen molar-refractivity contribution in [3.63, 3.8) is 0 Å². The lowest BCUT2D eigenvalue weighted by atomic mass is 10.0. The Kier molecular flexibility index (Phi) is 10.4. The fourth-order valence-corrected chi connectivity index (χ4v) is 3.96. The predicted molar refractivity (Wildman–Crippen MR) is 130 cm³/mol. The van der Waals surface area contributed by atoms with E-state index in [9.17, 15) is 10.2 Å². The zero-order valence-corrected chi connectivity index (χ0v) is 20.3. The van der Waals surface area contributed by atoms with E-state index in [0.29, 0.717) is 40.7 Å². The van der Waals surface area contributed by atoms with E-state index in [-0.39, 0.29) is 13.2 Å². The minimum Gasteiger partial charge on any atom is -0.497 e. The van der Waals surface area contributed by atoms with E-state index in [0.717, 1.165) is 31.7 Å². The number of hydrogen-bond donors (Lipinski definition) is 3. The first kappa shape index (κ1) is 25.9. The maximum absolute atomic E-state index is 10.3. The van der Waals surface area contributed by atoms with Crippen LogP contribution >= 0.6 is 23.2 Å². The van der Waals surface area contributed by atoms with Crippen LogP contribution in [0.2, 0.25) is 10.0 Å². The molecule has 1 saturated heterocycles. The summed E-state index contributed by atoms with van der Waals surface area (Å²) in [6.07, 6.45) is 0.697. The Labute approximate surface area is 205 Å². The Hall–Kier alpha value is -1.74. The summed E-state index contributed by atoms with van der Waals surface area (Å²) in [6.45, 7) is 3.16. The fraction of sp³-hybridized carbons (Fsp3) is 0.500. The summed E-state index contributed by atoms with van der Waals surface area (Å²) >= 11 is 11.9. The van der Waals surface area contributed by atoms with Gasteiger partial charge in [0.1, 0.15) is 42.7 Å². The number of methoxy groups -OCH3 is 1. The molecule has 0 aliphatic carbocycles. The first-order valence-corrected chi connectivity index (χ1v) is 11.8. The minimum atomic E-state index is -0.602. The van der Waals surface area contributed by atoms with Crippen LogP contribution in [0.5, 0.6) is 17.2 Å². The molecule has 33 heavy (non-hydrogen) atoms. The predicted octanol–water partition coefficient (Wildman–Crippen LogP) is 3.24. The maximum Gasteiger partial charge on any atom is 0.123 e. The second kappa shape index (κ2) is 13.2. The molecule has 0 bridgehead atoms. The van der Waals surface area contributed by atoms with Crippen molar-refractivity contribution in [1.29, 1.82) is 0 Å². The number of aliphatic hydroxyl groups excluding tert-OH is 2. The summed E-state index contributed by atoms with van der Waals surface area (Å²) in [5.74, 6) is 1.97. The third-order valence-corrected chi connectivity index (χ3v) is 6.25. The van der Waals surface area contributed by atoms with Gasteiger partial charge in [-0.05, 0) is 50.2 Å². The first-order chi connectivity index (χ1) is 15.9. The number of nitrogens with one attached hydrogen (secondary N) is 1. The van der Waals surface area contributed by atoms with Crippen molar-refractivity contribution in [1.82, 2.24) is 10.2 Å². The standard InChI is InChI=1S/C24H32Cl2N2O5/c1-31-20-3-2-4-21(11-20)32-15-18(29)13-27-17-7-9-28(10-8-17)14-19(30)16-33-22-5-6-23(25)24(26)12-22/h2-6,11-12,17-19,27,29-30H,7-10,13-16H2,1H3/t18-,19-/m0/s1. The number of rotatable bonds is 12. The summed E-state index contributed by atoms with van der Waals surface area (Å²) in [7, 11) is 1.61. The Balaban J connectivity index is 1.28. The van der Waals surface area contributed by atoms with Gasteiger partial charge in [0.25, 0.3) is 0 Å². The number of β-amino-alcohol motifs (C(OH)–C–C–N with tert-alkyl or cyclic N) is 1. The number of piperidine rings is 1. The SMILES string of the molecule is COc1cccc(OC[C@@H](O)CNC2CCN(C[C@H](O)COc3ccc(Cl)c(Cl)c3)CC2)c1. The number of halogens is 2. The molecule has 0 radical (unpaired) electrons. The smallest absolute Gasteiger partial charge is 0.123 e. The van der Waals surface area contributed by atoms with E-state index < -0.39 is 12.2 Å². The van der Waals surface area contributed by atoms with Crippen molar-refractivity contribution in [3.05, 3.63) is 52.5 Å². The lowest BCUT2D eigenvalue weighted by Crippen LogP contribution is -2.47. The quantitative estimate of drug-likeness (QED) is 0.414. The molecule has 2 aromatic carbocycles. The van der Waals surface area contributed by atoms with Crippen molar-refractivity contribution in [2.45, 2.75) is 31.1 Å². The molecule has 1 fully saturated rings. The Morgan fingerprint density at radius 3 is 2.30 bits per heavy atom. The van der Waals surface area contributed by atoms with Crippen molar-refractivity contribution in [2.75, 3.05) is 46.5 Å². The molecule has 0 aromatic heterocycles. The third-order valence-electron chi connectivity index (χ3n) is 5.52. The van der Waals surface area contributed by atoms with E-state index in [1.807, 2.05) is 18.2 Å². The zero-order valence-electron chi connectivity index (χ0n) is 18.8. The average molecular weight is 499 g/mol. The highest BCUT2D eigenvalue weighted by Gasteiger charge is 2.21. The van der Waals surface area contributed by atoms with Crippen LogP contribution < -0.4 is 19.5 Å². The molecule has 0 saturated carbocycles. The van der Waals surface area contributed by atoms with Crippen LogP contribution in [0.15, 0.2) is 42.5 Å². The number of nitrogens with zero attached hydrogens (tertiary/aromatic N) is 1. The van der Waals surface area contributed by atoms with Crippen LogP contribution in [0.25, 0.3) is 0 Å². The third kappa shape index (κ3) is 8.85. The molecule has 182 valence electrons. The topological polar surface area (TPSA) is 83.4 Å². The molecular formula is C24H32Cl2N2O5. The number of hydrogen-bond acceptors (Lipinski definition) is 7. The molecule has 0 unspecified atom stereocenters. The van der Waals surface area contributed by atoms with Gasteiger partial charge in [-0.15, -0.1) is 0 Å². The molecular weight excluding hydrogens is 467 g/mol. The summed E-state index contributed by atoms with van der Waals surface area (Å²) < 4.78 is 16.4. The minimum absolute atomic E-state index is 0.190. The van der Waals surface area contributed by atoms with Crippen molar-refractivity contribution in [2.24, 2.45) is 0 Å². The second-order valence-electron chi connectivity index (χ2n) is 8.17. The van der Waals surface area contributed by atoms with Gasteiger partial charge in [-0.2, -0.15) is 0 Å². The van der Waals surface area contributed by atoms with Gasteiger partial charge in [0.05, 0.1) is 17.2 Å². The lowest BCUT2D eigenvalue weighted by molar-refractivity contribution is 0.0556. The summed E-state index contributed by atoms with van der Waals surface area (Å²) in [4.78, 5) is 2.23. The van der Waals surface area contributed by atoms with Crippen molar-refractivity contribution >= 4 is 23.2 Å². The molecule has 2 atom stereocenters. The van der Waals surface area contributed by atoms with Crippen LogP contribution in [-0.4, -0.2) is 79.9 Å². The van der Waals surface area contributed by atoms with E-state index in [4.69, 9.17) is 37.4 Å². The van der Waals surface area contributed by atoms with E-state index >= 15 is 0 Å². The van der Waals surface area contributed by atoms with Crippen molar-refractivity contribution < 1.29 is 24.4 Å². The van der Waals surface area contributed by atoms with Gasteiger partial charge in [0.2, 0.25) is 0 Å². The fourth-order valence-electron chi connectivity index (χ4n) is 3.67. The zero-order chi connectivity index (χ0) is 23.6. The van der Waals surface area contributed by atoms with Crippen LogP contribution in [0.4, 0.5) is 0 Å². The van der Waals surface area contributed by atoms with Crippen LogP contribution in [-0.2, 0) is 0 Å². The van der Waals surface area contributed by atoms with Gasteiger partial charge in [0.15, 0.2) is 0 Å². The lowest BCUT2D eigenvalue weighted by Gasteiger charge is -2.33. The molecule has 1 aliphatic heterocycles. The van der Waals surface area contributed by atoms with Gasteiger partial charge < -0.3 is 34.6 Å². The van der Waals surface area contributed by atoms with Gasteiger partial charge in [-0.25, -0.2) is 0 Å². The number of aliphatic hydroxyl groups is 2. The molecule has 1 aliphatic rings. The highest BCUT2D eigenvalue weighted by Crippen LogP contribution is 2.26. The van der Waals surface area contributed by atoms with Gasteiger partial charge in [0, 0.05) is 31.3 Å². The first-order valence-electron chi connectivity index (χ1n) is 11.1. The van der Waals surface area contributed by atoms with Gasteiger partial charge >= 0.3 is 0 Å². The average Bonchev–Trinajstić information content (AvgIpc) is 2.83. The van der Waals surface area contributed by atoms with E-state index in [1.165, 1.54) is 0 Å². The molecule has 0 spiro atoms. The number of ether oxygens (including phenoxy) is 3. The van der Waals surface area contributed by atoms with Crippen LogP contribution in [0, 0.1) is 0 Å².